The Morgan fingerprint density at radius 1 is 1.44 bits per heavy atom. The van der Waals surface area contributed by atoms with Crippen LogP contribution in [0.2, 0.25) is 5.02 Å². The van der Waals surface area contributed by atoms with E-state index in [4.69, 9.17) is 16.3 Å². The second-order valence-corrected chi connectivity index (χ2v) is 3.74. The molecule has 0 radical (unpaired) electrons. The summed E-state index contributed by atoms with van der Waals surface area (Å²) in [6.07, 6.45) is 3.02. The van der Waals surface area contributed by atoms with Gasteiger partial charge in [-0.05, 0) is 27.7 Å². The van der Waals surface area contributed by atoms with E-state index < -0.39 is 5.97 Å². The van der Waals surface area contributed by atoms with Crippen LogP contribution in [0.1, 0.15) is 5.56 Å². The number of benzene rings is 1. The Morgan fingerprint density at radius 3 is 2.75 bits per heavy atom. The Labute approximate surface area is 113 Å². The number of hydrogen-bond acceptors (Lipinski definition) is 2. The number of halogens is 2. The summed E-state index contributed by atoms with van der Waals surface area (Å²) in [5.74, 6) is 2.22. The minimum Gasteiger partial charge on any atom is -0.449 e. The van der Waals surface area contributed by atoms with Crippen LogP contribution in [0.5, 0.6) is 0 Å². The lowest BCUT2D eigenvalue weighted by atomic mass is 10.2. The van der Waals surface area contributed by atoms with Gasteiger partial charge in [-0.1, -0.05) is 29.7 Å². The topological polar surface area (TPSA) is 26.3 Å². The van der Waals surface area contributed by atoms with Gasteiger partial charge < -0.3 is 4.74 Å². The highest BCUT2D eigenvalue weighted by Gasteiger charge is 1.94. The predicted octanol–water partition coefficient (Wildman–Crippen LogP) is 3.29. The van der Waals surface area contributed by atoms with Gasteiger partial charge in [0.25, 0.3) is 0 Å². The summed E-state index contributed by atoms with van der Waals surface area (Å²) in [6, 6.07) is 7.15. The van der Waals surface area contributed by atoms with Crippen LogP contribution in [0, 0.1) is 9.85 Å². The van der Waals surface area contributed by atoms with Crippen LogP contribution in [-0.4, -0.2) is 12.6 Å². The first-order chi connectivity index (χ1) is 7.72. The van der Waals surface area contributed by atoms with Crippen LogP contribution < -0.4 is 0 Å². The molecule has 1 aromatic carbocycles. The van der Waals surface area contributed by atoms with Crippen molar-refractivity contribution < 1.29 is 9.53 Å². The molecule has 0 aliphatic rings. The van der Waals surface area contributed by atoms with Gasteiger partial charge in [0.15, 0.2) is 6.61 Å². The maximum atomic E-state index is 11.2. The molecule has 1 aromatic rings. The van der Waals surface area contributed by atoms with E-state index in [2.05, 4.69) is 9.85 Å². The van der Waals surface area contributed by atoms with Gasteiger partial charge in [-0.15, -0.1) is 0 Å². The first-order valence-corrected chi connectivity index (χ1v) is 5.87. The number of hydrogen-bond donors (Lipinski definition) is 0. The van der Waals surface area contributed by atoms with E-state index >= 15 is 0 Å². The van der Waals surface area contributed by atoms with Crippen molar-refractivity contribution in [2.45, 2.75) is 0 Å². The van der Waals surface area contributed by atoms with Gasteiger partial charge in [0.2, 0.25) is 0 Å². The van der Waals surface area contributed by atoms with Gasteiger partial charge >= 0.3 is 5.97 Å². The van der Waals surface area contributed by atoms with Crippen molar-refractivity contribution in [3.8, 4) is 9.85 Å². The van der Waals surface area contributed by atoms with Gasteiger partial charge in [-0.3, -0.25) is 0 Å². The van der Waals surface area contributed by atoms with E-state index in [0.29, 0.717) is 5.02 Å². The zero-order valence-corrected chi connectivity index (χ0v) is 11.2. The minimum absolute atomic E-state index is 0.118. The van der Waals surface area contributed by atoms with Crippen molar-refractivity contribution in [1.29, 1.82) is 0 Å². The summed E-state index contributed by atoms with van der Waals surface area (Å²) >= 11 is 7.61. The molecule has 0 spiro atoms. The first kappa shape index (κ1) is 13.1. The molecular weight excluding hydrogens is 338 g/mol. The molecule has 0 heterocycles. The molecule has 0 atom stereocenters. The summed E-state index contributed by atoms with van der Waals surface area (Å²) in [4.78, 5) is 11.2. The molecular formula is C12H8ClIO2. The highest BCUT2D eigenvalue weighted by molar-refractivity contribution is 14.1. The zero-order valence-electron chi connectivity index (χ0n) is 8.24. The molecule has 0 bridgehead atoms. The van der Waals surface area contributed by atoms with E-state index in [-0.39, 0.29) is 6.61 Å². The Bertz CT molecular complexity index is 440. The van der Waals surface area contributed by atoms with E-state index in [1.165, 1.54) is 6.08 Å². The third-order valence-electron chi connectivity index (χ3n) is 1.64. The molecule has 0 unspecified atom stereocenters. The summed E-state index contributed by atoms with van der Waals surface area (Å²) in [5, 5.41) is 0.664. The van der Waals surface area contributed by atoms with E-state index in [0.717, 1.165) is 5.56 Å². The van der Waals surface area contributed by atoms with Crippen LogP contribution >= 0.6 is 34.2 Å². The van der Waals surface area contributed by atoms with Gasteiger partial charge in [0.05, 0.1) is 0 Å². The highest BCUT2D eigenvalue weighted by Crippen LogP contribution is 2.10. The Hall–Kier alpha value is -0.990. The quantitative estimate of drug-likeness (QED) is 0.363. The number of esters is 1. The van der Waals surface area contributed by atoms with Crippen LogP contribution in [0.15, 0.2) is 30.3 Å². The molecule has 0 saturated carbocycles. The van der Waals surface area contributed by atoms with E-state index in [1.807, 2.05) is 34.7 Å². The second kappa shape index (κ2) is 7.31. The van der Waals surface area contributed by atoms with Crippen molar-refractivity contribution >= 4 is 46.2 Å². The van der Waals surface area contributed by atoms with Gasteiger partial charge in [-0.25, -0.2) is 4.79 Å². The Balaban J connectivity index is 2.49. The molecule has 0 saturated heterocycles. The molecule has 0 aliphatic heterocycles. The lowest BCUT2D eigenvalue weighted by Crippen LogP contribution is -1.99. The number of carbonyl (C=O) groups is 1. The molecule has 0 fully saturated rings. The number of ether oxygens (including phenoxy) is 1. The van der Waals surface area contributed by atoms with Crippen molar-refractivity contribution in [3.63, 3.8) is 0 Å². The smallest absolute Gasteiger partial charge is 0.331 e. The maximum Gasteiger partial charge on any atom is 0.331 e. The molecule has 2 nitrogen and oxygen atoms in total. The summed E-state index contributed by atoms with van der Waals surface area (Å²) in [7, 11) is 0. The second-order valence-electron chi connectivity index (χ2n) is 2.76. The molecule has 0 N–H and O–H groups in total. The van der Waals surface area contributed by atoms with Gasteiger partial charge in [-0.2, -0.15) is 0 Å². The average Bonchev–Trinajstić information content (AvgIpc) is 2.29. The molecule has 0 aromatic heterocycles. The fourth-order valence-electron chi connectivity index (χ4n) is 0.921. The Kier molecular flexibility index (Phi) is 5.98. The highest BCUT2D eigenvalue weighted by atomic mass is 127. The largest absolute Gasteiger partial charge is 0.449 e. The molecule has 1 rings (SSSR count). The minimum atomic E-state index is -0.408. The fraction of sp³-hybridized carbons (Fsp3) is 0.0833. The van der Waals surface area contributed by atoms with Crippen LogP contribution in [0.4, 0.5) is 0 Å². The zero-order chi connectivity index (χ0) is 11.8. The SMILES string of the molecule is O=C(C=Cc1ccc(Cl)cc1)OCC#CI. The van der Waals surface area contributed by atoms with E-state index in [1.54, 1.807) is 18.2 Å². The van der Waals surface area contributed by atoms with Gasteiger partial charge in [0.1, 0.15) is 0 Å². The number of carbonyl (C=O) groups excluding carboxylic acids is 1. The van der Waals surface area contributed by atoms with Crippen molar-refractivity contribution in [2.75, 3.05) is 6.61 Å². The number of rotatable bonds is 3. The third kappa shape index (κ3) is 5.19. The Morgan fingerprint density at radius 2 is 2.12 bits per heavy atom. The van der Waals surface area contributed by atoms with Crippen molar-refractivity contribution in [3.05, 3.63) is 40.9 Å². The monoisotopic (exact) mass is 346 g/mol. The molecule has 0 aliphatic carbocycles. The maximum absolute atomic E-state index is 11.2. The van der Waals surface area contributed by atoms with Gasteiger partial charge in [0, 0.05) is 33.7 Å². The van der Waals surface area contributed by atoms with Crippen LogP contribution in [0.25, 0.3) is 6.08 Å². The summed E-state index contributed by atoms with van der Waals surface area (Å²) < 4.78 is 7.40. The lowest BCUT2D eigenvalue weighted by molar-refractivity contribution is -0.136. The standard InChI is InChI=1S/C12H8ClIO2/c13-11-5-2-10(3-6-11)4-7-12(15)16-9-1-8-14/h2-7H,9H2. The summed E-state index contributed by atoms with van der Waals surface area (Å²) in [5.41, 5.74) is 0.890. The third-order valence-corrected chi connectivity index (χ3v) is 2.27. The molecule has 16 heavy (non-hydrogen) atoms. The van der Waals surface area contributed by atoms with Crippen LogP contribution in [0.3, 0.4) is 0 Å². The molecule has 82 valence electrons. The average molecular weight is 347 g/mol. The lowest BCUT2D eigenvalue weighted by Gasteiger charge is -1.95. The molecule has 4 heteroatoms. The normalized spacial score (nSPS) is 9.62. The molecule has 0 amide bonds. The fourth-order valence-corrected chi connectivity index (χ4v) is 1.20. The predicted molar refractivity (Wildman–Crippen MR) is 73.2 cm³/mol. The van der Waals surface area contributed by atoms with Crippen LogP contribution in [-0.2, 0) is 9.53 Å². The van der Waals surface area contributed by atoms with Crippen molar-refractivity contribution in [1.82, 2.24) is 0 Å². The van der Waals surface area contributed by atoms with E-state index in [9.17, 15) is 4.79 Å². The first-order valence-electron chi connectivity index (χ1n) is 4.41. The summed E-state index contributed by atoms with van der Waals surface area (Å²) in [6.45, 7) is 0.118. The van der Waals surface area contributed by atoms with Crippen molar-refractivity contribution in [2.24, 2.45) is 0 Å².